The zero-order chi connectivity index (χ0) is 26.4. The van der Waals surface area contributed by atoms with Crippen molar-refractivity contribution < 1.29 is 53.0 Å². The van der Waals surface area contributed by atoms with Gasteiger partial charge in [-0.25, -0.2) is 0 Å². The van der Waals surface area contributed by atoms with Crippen LogP contribution in [0.15, 0.2) is 0 Å². The van der Waals surface area contributed by atoms with E-state index in [1.807, 2.05) is 0 Å². The van der Waals surface area contributed by atoms with E-state index in [1.54, 1.807) is 0 Å². The molecule has 0 amide bonds. The molecular formula is C30H60NbO6. The maximum absolute atomic E-state index is 8.73. The Bertz CT molecular complexity index is 338. The van der Waals surface area contributed by atoms with Gasteiger partial charge < -0.3 is 30.6 Å². The molecule has 6 nitrogen and oxygen atoms in total. The first-order chi connectivity index (χ1) is 17.4. The summed E-state index contributed by atoms with van der Waals surface area (Å²) in [6, 6.07) is 0. The zero-order valence-electron chi connectivity index (χ0n) is 23.6. The fourth-order valence-corrected chi connectivity index (χ4v) is 5.43. The van der Waals surface area contributed by atoms with E-state index in [-0.39, 0.29) is 59.0 Å². The van der Waals surface area contributed by atoms with Crippen LogP contribution >= 0.6 is 0 Å². The summed E-state index contributed by atoms with van der Waals surface area (Å²) in [5.74, 6) is 0. The van der Waals surface area contributed by atoms with E-state index in [2.05, 4.69) is 0 Å². The van der Waals surface area contributed by atoms with Crippen LogP contribution in [0.2, 0.25) is 0 Å². The van der Waals surface area contributed by atoms with E-state index in [4.69, 9.17) is 30.6 Å². The van der Waals surface area contributed by atoms with Gasteiger partial charge in [0.1, 0.15) is 0 Å². The van der Waals surface area contributed by atoms with Gasteiger partial charge in [0, 0.05) is 22.4 Å². The molecule has 7 heteroatoms. The average Bonchev–Trinajstić information content (AvgIpc) is 3.67. The monoisotopic (exact) mass is 609 g/mol. The second kappa shape index (κ2) is 25.5. The van der Waals surface area contributed by atoms with Crippen molar-refractivity contribution in [3.8, 4) is 0 Å². The minimum atomic E-state index is 0. The largest absolute Gasteiger partial charge is 0.393 e. The molecule has 0 heterocycles. The smallest absolute Gasteiger partial charge is 0.0540 e. The van der Waals surface area contributed by atoms with Crippen LogP contribution in [-0.2, 0) is 22.4 Å². The van der Waals surface area contributed by atoms with E-state index < -0.39 is 0 Å². The SMILES string of the molecule is OC1CCCC1.OC1CCCC1.OC1CCCC1.OC1CCCC1.OC1CCCC1.OC1CCCC1.[Nb]. The van der Waals surface area contributed by atoms with Gasteiger partial charge in [0.2, 0.25) is 0 Å². The Balaban J connectivity index is 0.000000418. The molecule has 0 saturated heterocycles. The Morgan fingerprint density at radius 1 is 0.216 bits per heavy atom. The van der Waals surface area contributed by atoms with Crippen molar-refractivity contribution in [1.29, 1.82) is 0 Å². The third-order valence-electron chi connectivity index (χ3n) is 7.95. The van der Waals surface area contributed by atoms with E-state index >= 15 is 0 Å². The van der Waals surface area contributed by atoms with E-state index in [0.717, 1.165) is 77.0 Å². The quantitative estimate of drug-likeness (QED) is 0.201. The molecule has 6 N–H and O–H groups in total. The molecule has 0 spiro atoms. The zero-order valence-corrected chi connectivity index (χ0v) is 25.8. The van der Waals surface area contributed by atoms with Crippen LogP contribution in [0.3, 0.4) is 0 Å². The van der Waals surface area contributed by atoms with Crippen molar-refractivity contribution in [1.82, 2.24) is 0 Å². The van der Waals surface area contributed by atoms with Crippen LogP contribution in [0.4, 0.5) is 0 Å². The molecule has 0 aromatic carbocycles. The molecule has 0 atom stereocenters. The van der Waals surface area contributed by atoms with Crippen molar-refractivity contribution >= 4 is 0 Å². The van der Waals surface area contributed by atoms with Crippen LogP contribution in [0.1, 0.15) is 154 Å². The first kappa shape index (κ1) is 37.5. The Morgan fingerprint density at radius 2 is 0.297 bits per heavy atom. The van der Waals surface area contributed by atoms with Gasteiger partial charge in [0.15, 0.2) is 0 Å². The predicted octanol–water partition coefficient (Wildman–Crippen LogP) is 5.53. The summed E-state index contributed by atoms with van der Waals surface area (Å²) in [5.41, 5.74) is 0. The van der Waals surface area contributed by atoms with Crippen molar-refractivity contribution in [2.24, 2.45) is 0 Å². The van der Waals surface area contributed by atoms with Crippen molar-refractivity contribution in [2.45, 2.75) is 191 Å². The molecule has 6 saturated carbocycles. The number of hydrogen-bond donors (Lipinski definition) is 6. The number of aliphatic hydroxyl groups is 6. The van der Waals surface area contributed by atoms with Gasteiger partial charge in [-0.05, 0) is 77.0 Å². The first-order valence-corrected chi connectivity index (χ1v) is 15.4. The summed E-state index contributed by atoms with van der Waals surface area (Å²) >= 11 is 0. The number of hydrogen-bond acceptors (Lipinski definition) is 6. The molecular weight excluding hydrogens is 549 g/mol. The van der Waals surface area contributed by atoms with Crippen LogP contribution in [0.5, 0.6) is 0 Å². The molecule has 37 heavy (non-hydrogen) atoms. The van der Waals surface area contributed by atoms with Gasteiger partial charge in [-0.15, -0.1) is 0 Å². The molecule has 6 fully saturated rings. The van der Waals surface area contributed by atoms with Crippen molar-refractivity contribution in [3.05, 3.63) is 0 Å². The molecule has 0 unspecified atom stereocenters. The summed E-state index contributed by atoms with van der Waals surface area (Å²) in [6.45, 7) is 0. The third kappa shape index (κ3) is 24.1. The van der Waals surface area contributed by atoms with Crippen molar-refractivity contribution in [2.75, 3.05) is 0 Å². The van der Waals surface area contributed by atoms with Gasteiger partial charge >= 0.3 is 0 Å². The average molecular weight is 610 g/mol. The molecule has 0 aromatic rings. The molecule has 6 aliphatic rings. The van der Waals surface area contributed by atoms with E-state index in [9.17, 15) is 0 Å². The predicted molar refractivity (Wildman–Crippen MR) is 147 cm³/mol. The normalized spacial score (nSPS) is 24.8. The van der Waals surface area contributed by atoms with Gasteiger partial charge in [-0.1, -0.05) is 77.0 Å². The Kier molecular flexibility index (Phi) is 25.8. The summed E-state index contributed by atoms with van der Waals surface area (Å²) in [7, 11) is 0. The van der Waals surface area contributed by atoms with Crippen LogP contribution < -0.4 is 0 Å². The molecule has 1 radical (unpaired) electrons. The van der Waals surface area contributed by atoms with Gasteiger partial charge in [-0.2, -0.15) is 0 Å². The molecule has 221 valence electrons. The topological polar surface area (TPSA) is 121 Å². The first-order valence-electron chi connectivity index (χ1n) is 15.4. The molecule has 0 aromatic heterocycles. The van der Waals surface area contributed by atoms with E-state index in [1.165, 1.54) is 77.0 Å². The Morgan fingerprint density at radius 3 is 0.324 bits per heavy atom. The summed E-state index contributed by atoms with van der Waals surface area (Å²) in [4.78, 5) is 0. The summed E-state index contributed by atoms with van der Waals surface area (Å²) in [6.07, 6.45) is 27.6. The second-order valence-corrected chi connectivity index (χ2v) is 11.6. The fraction of sp³-hybridized carbons (Fsp3) is 1.00. The maximum Gasteiger partial charge on any atom is 0.0540 e. The molecule has 6 aliphatic carbocycles. The maximum atomic E-state index is 8.73. The van der Waals surface area contributed by atoms with Crippen LogP contribution in [-0.4, -0.2) is 67.3 Å². The standard InChI is InChI=1S/6C5H10O.Nb/c6*6-5-3-1-2-4-5;/h6*5-6H,1-4H2;. The fourth-order valence-electron chi connectivity index (χ4n) is 5.43. The number of rotatable bonds is 0. The van der Waals surface area contributed by atoms with Crippen LogP contribution in [0, 0.1) is 0 Å². The number of aliphatic hydroxyl groups excluding tert-OH is 6. The third-order valence-corrected chi connectivity index (χ3v) is 7.95. The van der Waals surface area contributed by atoms with Gasteiger partial charge in [0.25, 0.3) is 0 Å². The minimum absolute atomic E-state index is 0. The summed E-state index contributed by atoms with van der Waals surface area (Å²) < 4.78 is 0. The Hall–Kier alpha value is 0.500. The Labute approximate surface area is 243 Å². The van der Waals surface area contributed by atoms with Gasteiger partial charge in [-0.3, -0.25) is 0 Å². The summed E-state index contributed by atoms with van der Waals surface area (Å²) in [5, 5.41) is 52.4. The molecule has 6 rings (SSSR count). The minimum Gasteiger partial charge on any atom is -0.393 e. The van der Waals surface area contributed by atoms with E-state index in [0.29, 0.717) is 0 Å². The van der Waals surface area contributed by atoms with Crippen molar-refractivity contribution in [3.63, 3.8) is 0 Å². The van der Waals surface area contributed by atoms with Crippen LogP contribution in [0.25, 0.3) is 0 Å². The molecule has 0 aliphatic heterocycles. The van der Waals surface area contributed by atoms with Gasteiger partial charge in [0.05, 0.1) is 36.6 Å². The second-order valence-electron chi connectivity index (χ2n) is 11.6. The molecule has 0 bridgehead atoms.